The number of aromatic amines is 1. The van der Waals surface area contributed by atoms with Crippen LogP contribution in [0.25, 0.3) is 22.0 Å². The maximum Gasteiger partial charge on any atom is 0.261 e. The number of aromatic nitrogens is 1. The number of hydrogen-bond donors (Lipinski definition) is 2. The topological polar surface area (TPSA) is 63.4 Å². The van der Waals surface area contributed by atoms with E-state index in [2.05, 4.69) is 10.3 Å². The molecule has 152 valence electrons. The minimum absolute atomic E-state index is 0.270. The van der Waals surface area contributed by atoms with Crippen molar-refractivity contribution < 1.29 is 14.3 Å². The van der Waals surface area contributed by atoms with Crippen LogP contribution in [0, 0.1) is 6.92 Å². The molecular formula is C24H21ClN2O3. The Labute approximate surface area is 179 Å². The molecule has 6 heteroatoms. The predicted molar refractivity (Wildman–Crippen MR) is 121 cm³/mol. The van der Waals surface area contributed by atoms with Gasteiger partial charge in [-0.25, -0.2) is 0 Å². The number of benzene rings is 3. The summed E-state index contributed by atoms with van der Waals surface area (Å²) in [6, 6.07) is 16.9. The van der Waals surface area contributed by atoms with E-state index < -0.39 is 0 Å². The molecule has 0 spiro atoms. The summed E-state index contributed by atoms with van der Waals surface area (Å²) in [4.78, 5) is 16.5. The fourth-order valence-corrected chi connectivity index (χ4v) is 3.62. The van der Waals surface area contributed by atoms with E-state index in [-0.39, 0.29) is 5.91 Å². The molecule has 0 saturated heterocycles. The van der Waals surface area contributed by atoms with Crippen molar-refractivity contribution in [1.82, 2.24) is 4.98 Å². The van der Waals surface area contributed by atoms with Crippen LogP contribution in [0.15, 0.2) is 60.8 Å². The summed E-state index contributed by atoms with van der Waals surface area (Å²) in [5, 5.41) is 4.41. The van der Waals surface area contributed by atoms with E-state index in [4.69, 9.17) is 21.1 Å². The summed E-state index contributed by atoms with van der Waals surface area (Å²) in [5.41, 5.74) is 4.75. The summed E-state index contributed by atoms with van der Waals surface area (Å²) < 4.78 is 11.1. The van der Waals surface area contributed by atoms with Crippen molar-refractivity contribution in [3.63, 3.8) is 0 Å². The molecule has 30 heavy (non-hydrogen) atoms. The normalized spacial score (nSPS) is 10.8. The molecule has 0 fully saturated rings. The van der Waals surface area contributed by atoms with Crippen molar-refractivity contribution in [3.8, 4) is 22.6 Å². The lowest BCUT2D eigenvalue weighted by molar-refractivity contribution is 0.102. The summed E-state index contributed by atoms with van der Waals surface area (Å²) >= 11 is 6.04. The first-order chi connectivity index (χ1) is 14.5. The number of anilines is 1. The second-order valence-electron chi connectivity index (χ2n) is 6.94. The first-order valence-electron chi connectivity index (χ1n) is 9.42. The fourth-order valence-electron chi connectivity index (χ4n) is 3.50. The third-order valence-corrected chi connectivity index (χ3v) is 5.27. The monoisotopic (exact) mass is 420 g/mol. The molecule has 0 unspecified atom stereocenters. The van der Waals surface area contributed by atoms with Crippen LogP contribution in [0.2, 0.25) is 5.02 Å². The average Bonchev–Trinajstić information content (AvgIpc) is 3.19. The largest absolute Gasteiger partial charge is 0.496 e. The minimum atomic E-state index is -0.270. The molecule has 0 saturated carbocycles. The quantitative estimate of drug-likeness (QED) is 0.412. The number of nitrogens with one attached hydrogen (secondary N) is 2. The van der Waals surface area contributed by atoms with Gasteiger partial charge < -0.3 is 19.8 Å². The zero-order valence-electron chi connectivity index (χ0n) is 16.9. The van der Waals surface area contributed by atoms with Crippen LogP contribution < -0.4 is 14.8 Å². The third-order valence-electron chi connectivity index (χ3n) is 5.02. The van der Waals surface area contributed by atoms with Gasteiger partial charge in [0.05, 0.1) is 25.1 Å². The van der Waals surface area contributed by atoms with Crippen molar-refractivity contribution in [1.29, 1.82) is 0 Å². The Bertz CT molecular complexity index is 1210. The third kappa shape index (κ3) is 3.60. The Kier molecular flexibility index (Phi) is 5.38. The van der Waals surface area contributed by atoms with Crippen molar-refractivity contribution in [2.45, 2.75) is 6.92 Å². The summed E-state index contributed by atoms with van der Waals surface area (Å²) in [5.74, 6) is 0.765. The Hall–Kier alpha value is -3.44. The number of hydrogen-bond acceptors (Lipinski definition) is 3. The van der Waals surface area contributed by atoms with E-state index in [0.717, 1.165) is 22.1 Å². The highest BCUT2D eigenvalue weighted by atomic mass is 35.5. The Morgan fingerprint density at radius 3 is 2.27 bits per heavy atom. The van der Waals surface area contributed by atoms with Gasteiger partial charge in [-0.1, -0.05) is 41.4 Å². The molecule has 0 aliphatic heterocycles. The number of rotatable bonds is 5. The number of carbonyl (C=O) groups excluding carboxylic acids is 1. The number of ether oxygens (including phenoxy) is 2. The van der Waals surface area contributed by atoms with Crippen molar-refractivity contribution in [3.05, 3.63) is 76.9 Å². The number of aryl methyl sites for hydroxylation is 1. The van der Waals surface area contributed by atoms with Gasteiger partial charge in [0, 0.05) is 28.5 Å². The van der Waals surface area contributed by atoms with Crippen LogP contribution in [0.3, 0.4) is 0 Å². The lowest BCUT2D eigenvalue weighted by atomic mass is 10.0. The molecule has 3 aromatic carbocycles. The predicted octanol–water partition coefficient (Wildman–Crippen LogP) is 6.07. The van der Waals surface area contributed by atoms with Gasteiger partial charge in [-0.05, 0) is 36.8 Å². The van der Waals surface area contributed by atoms with E-state index >= 15 is 0 Å². The Balaban J connectivity index is 1.87. The fraction of sp³-hybridized carbons (Fsp3) is 0.125. The van der Waals surface area contributed by atoms with Gasteiger partial charge in [-0.3, -0.25) is 4.79 Å². The number of H-pyrrole nitrogens is 1. The SMILES string of the molecule is COc1cc(OC)c2c(-c3ccc(Cl)cc3)c[nH]c2c1C(=O)Nc1ccc(C)cc1. The molecule has 0 aliphatic rings. The zero-order valence-corrected chi connectivity index (χ0v) is 17.6. The molecule has 1 aromatic heterocycles. The average molecular weight is 421 g/mol. The van der Waals surface area contributed by atoms with Gasteiger partial charge in [0.1, 0.15) is 17.1 Å². The first-order valence-corrected chi connectivity index (χ1v) is 9.79. The summed E-state index contributed by atoms with van der Waals surface area (Å²) in [6.07, 6.45) is 1.86. The standard InChI is InChI=1S/C24H21ClN2O3/c1-14-4-10-17(11-5-14)27-24(28)22-20(30-3)12-19(29-2)21-18(13-26-23(21)22)15-6-8-16(25)9-7-15/h4-13,26H,1-3H3,(H,27,28). The van der Waals surface area contributed by atoms with Crippen LogP contribution in [0.5, 0.6) is 11.5 Å². The highest BCUT2D eigenvalue weighted by Gasteiger charge is 2.23. The number of halogens is 1. The van der Waals surface area contributed by atoms with Crippen LogP contribution in [-0.4, -0.2) is 25.1 Å². The molecule has 0 atom stereocenters. The summed E-state index contributed by atoms with van der Waals surface area (Å²) in [6.45, 7) is 2.00. The zero-order chi connectivity index (χ0) is 21.3. The Morgan fingerprint density at radius 1 is 0.967 bits per heavy atom. The van der Waals surface area contributed by atoms with Crippen LogP contribution in [0.1, 0.15) is 15.9 Å². The molecule has 4 aromatic rings. The second-order valence-corrected chi connectivity index (χ2v) is 7.37. The van der Waals surface area contributed by atoms with E-state index in [9.17, 15) is 4.79 Å². The molecule has 0 radical (unpaired) electrons. The maximum atomic E-state index is 13.2. The number of fused-ring (bicyclic) bond motifs is 1. The van der Waals surface area contributed by atoms with Crippen LogP contribution in [-0.2, 0) is 0 Å². The van der Waals surface area contributed by atoms with Gasteiger partial charge in [-0.15, -0.1) is 0 Å². The molecule has 0 bridgehead atoms. The van der Waals surface area contributed by atoms with E-state index in [0.29, 0.717) is 33.3 Å². The molecule has 4 rings (SSSR count). The van der Waals surface area contributed by atoms with Crippen molar-refractivity contribution in [2.75, 3.05) is 19.5 Å². The van der Waals surface area contributed by atoms with E-state index in [1.165, 1.54) is 7.11 Å². The summed E-state index contributed by atoms with van der Waals surface area (Å²) in [7, 11) is 3.13. The lowest BCUT2D eigenvalue weighted by Crippen LogP contribution is -2.14. The van der Waals surface area contributed by atoms with E-state index in [1.807, 2.05) is 61.7 Å². The van der Waals surface area contributed by atoms with Gasteiger partial charge in [0.15, 0.2) is 0 Å². The van der Waals surface area contributed by atoms with Crippen LogP contribution in [0.4, 0.5) is 5.69 Å². The van der Waals surface area contributed by atoms with Crippen LogP contribution >= 0.6 is 11.6 Å². The lowest BCUT2D eigenvalue weighted by Gasteiger charge is -2.14. The molecule has 5 nitrogen and oxygen atoms in total. The van der Waals surface area contributed by atoms with Gasteiger partial charge >= 0.3 is 0 Å². The number of methoxy groups -OCH3 is 2. The van der Waals surface area contributed by atoms with Gasteiger partial charge in [0.2, 0.25) is 0 Å². The highest BCUT2D eigenvalue weighted by molar-refractivity contribution is 6.30. The minimum Gasteiger partial charge on any atom is -0.496 e. The van der Waals surface area contributed by atoms with Gasteiger partial charge in [0.25, 0.3) is 5.91 Å². The molecule has 1 heterocycles. The van der Waals surface area contributed by atoms with Gasteiger partial charge in [-0.2, -0.15) is 0 Å². The molecular weight excluding hydrogens is 400 g/mol. The smallest absolute Gasteiger partial charge is 0.261 e. The first kappa shape index (κ1) is 19.9. The molecule has 1 amide bonds. The maximum absolute atomic E-state index is 13.2. The highest BCUT2D eigenvalue weighted by Crippen LogP contribution is 2.41. The second kappa shape index (κ2) is 8.13. The number of carbonyl (C=O) groups is 1. The van der Waals surface area contributed by atoms with E-state index in [1.54, 1.807) is 13.2 Å². The Morgan fingerprint density at radius 2 is 1.63 bits per heavy atom. The van der Waals surface area contributed by atoms with Crippen molar-refractivity contribution in [2.24, 2.45) is 0 Å². The number of amides is 1. The molecule has 2 N–H and O–H groups in total. The van der Waals surface area contributed by atoms with Crippen molar-refractivity contribution >= 4 is 34.1 Å². The molecule has 0 aliphatic carbocycles.